The maximum atomic E-state index is 2.47. The third kappa shape index (κ3) is 3.48. The highest BCUT2D eigenvalue weighted by Crippen LogP contribution is 2.03. The van der Waals surface area contributed by atoms with E-state index in [1.165, 1.54) is 6.04 Å². The van der Waals surface area contributed by atoms with E-state index in [4.69, 9.17) is 0 Å². The van der Waals surface area contributed by atoms with Crippen LogP contribution in [-0.4, -0.2) is 17.6 Å². The minimum Gasteiger partial charge on any atom is -0.0724 e. The summed E-state index contributed by atoms with van der Waals surface area (Å²) in [7, 11) is -0.922. The lowest BCUT2D eigenvalue weighted by molar-refractivity contribution is 1.41. The van der Waals surface area contributed by atoms with Gasteiger partial charge in [-0.2, -0.15) is 0 Å². The predicted molar refractivity (Wildman–Crippen MR) is 67.4 cm³/mol. The van der Waals surface area contributed by atoms with E-state index in [-0.39, 0.29) is 8.80 Å². The molecule has 2 heteroatoms. The van der Waals surface area contributed by atoms with Gasteiger partial charge in [-0.1, -0.05) is 67.2 Å². The molecule has 72 valence electrons. The van der Waals surface area contributed by atoms with Gasteiger partial charge in [-0.05, 0) is 0 Å². The van der Waals surface area contributed by atoms with E-state index in [0.29, 0.717) is 0 Å². The molecule has 1 aromatic carbocycles. The second-order valence-corrected chi connectivity index (χ2v) is 11.7. The van der Waals surface area contributed by atoms with Gasteiger partial charge in [-0.3, -0.25) is 0 Å². The summed E-state index contributed by atoms with van der Waals surface area (Å²) in [6, 6.07) is 12.6. The lowest BCUT2D eigenvalue weighted by Gasteiger charge is -2.14. The minimum absolute atomic E-state index is 0.354. The van der Waals surface area contributed by atoms with Gasteiger partial charge in [0.15, 0.2) is 0 Å². The largest absolute Gasteiger partial charge is 0.0724 e. The van der Waals surface area contributed by atoms with Crippen LogP contribution in [0, 0.1) is 0 Å². The van der Waals surface area contributed by atoms with E-state index in [0.717, 1.165) is 0 Å². The van der Waals surface area contributed by atoms with Gasteiger partial charge in [0, 0.05) is 8.80 Å². The van der Waals surface area contributed by atoms with Crippen molar-refractivity contribution in [2.45, 2.75) is 31.7 Å². The number of hydrogen-bond acceptors (Lipinski definition) is 0. The number of rotatable bonds is 4. The summed E-state index contributed by atoms with van der Waals surface area (Å²) in [5.41, 5.74) is 1.58. The quantitative estimate of drug-likeness (QED) is 0.665. The summed E-state index contributed by atoms with van der Waals surface area (Å²) in [6.07, 6.45) is 0. The van der Waals surface area contributed by atoms with Crippen molar-refractivity contribution in [2.24, 2.45) is 0 Å². The minimum atomic E-state index is -0.567. The van der Waals surface area contributed by atoms with E-state index < -0.39 is 8.80 Å². The van der Waals surface area contributed by atoms with E-state index in [2.05, 4.69) is 50.3 Å². The third-order valence-corrected chi connectivity index (χ3v) is 10.9. The standard InChI is InChI=1S/C11H20Si2/c1-4-13(10-12(2)3)11-8-6-5-7-9-11/h5-9,12-13H,4,10H2,1-3H3. The van der Waals surface area contributed by atoms with E-state index in [9.17, 15) is 0 Å². The third-order valence-electron chi connectivity index (χ3n) is 2.52. The lowest BCUT2D eigenvalue weighted by Crippen LogP contribution is -2.32. The molecule has 1 atom stereocenters. The summed E-state index contributed by atoms with van der Waals surface area (Å²) in [4.78, 5) is 0. The second kappa shape index (κ2) is 5.40. The Bertz CT molecular complexity index is 231. The van der Waals surface area contributed by atoms with Crippen molar-refractivity contribution in [1.29, 1.82) is 0 Å². The Labute approximate surface area is 85.2 Å². The van der Waals surface area contributed by atoms with Crippen molar-refractivity contribution in [3.8, 4) is 0 Å². The molecule has 0 bridgehead atoms. The first-order valence-electron chi connectivity index (χ1n) is 5.29. The molecule has 1 unspecified atom stereocenters. The zero-order chi connectivity index (χ0) is 9.68. The summed E-state index contributed by atoms with van der Waals surface area (Å²) in [6.45, 7) is 7.30. The Balaban J connectivity index is 2.67. The fourth-order valence-electron chi connectivity index (χ4n) is 1.83. The molecule has 0 nitrogen and oxygen atoms in total. The molecule has 0 aliphatic heterocycles. The molecule has 0 radical (unpaired) electrons. The zero-order valence-electron chi connectivity index (χ0n) is 8.96. The molecule has 0 amide bonds. The van der Waals surface area contributed by atoms with Crippen molar-refractivity contribution in [3.63, 3.8) is 0 Å². The van der Waals surface area contributed by atoms with Crippen LogP contribution >= 0.6 is 0 Å². The van der Waals surface area contributed by atoms with Gasteiger partial charge >= 0.3 is 0 Å². The van der Waals surface area contributed by atoms with Crippen LogP contribution in [0.1, 0.15) is 6.92 Å². The van der Waals surface area contributed by atoms with Gasteiger partial charge in [0.2, 0.25) is 0 Å². The molecule has 0 saturated heterocycles. The van der Waals surface area contributed by atoms with Crippen molar-refractivity contribution in [2.75, 3.05) is 0 Å². The fourth-order valence-corrected chi connectivity index (χ4v) is 10.0. The highest BCUT2D eigenvalue weighted by molar-refractivity contribution is 6.84. The molecule has 1 rings (SSSR count). The van der Waals surface area contributed by atoms with Crippen LogP contribution < -0.4 is 5.19 Å². The molecule has 0 N–H and O–H groups in total. The van der Waals surface area contributed by atoms with Crippen LogP contribution in [0.4, 0.5) is 0 Å². The average molecular weight is 208 g/mol. The highest BCUT2D eigenvalue weighted by Gasteiger charge is 2.12. The molecule has 0 aliphatic rings. The van der Waals surface area contributed by atoms with Crippen LogP contribution in [0.25, 0.3) is 0 Å². The lowest BCUT2D eigenvalue weighted by atomic mass is 10.4. The Morgan fingerprint density at radius 3 is 2.15 bits per heavy atom. The van der Waals surface area contributed by atoms with E-state index >= 15 is 0 Å². The first kappa shape index (κ1) is 10.7. The average Bonchev–Trinajstić information content (AvgIpc) is 2.15. The van der Waals surface area contributed by atoms with E-state index in [1.807, 2.05) is 0 Å². The molecular weight excluding hydrogens is 188 g/mol. The molecule has 0 spiro atoms. The zero-order valence-corrected chi connectivity index (χ0v) is 11.3. The predicted octanol–water partition coefficient (Wildman–Crippen LogP) is 2.17. The van der Waals surface area contributed by atoms with Gasteiger partial charge in [0.25, 0.3) is 0 Å². The number of benzene rings is 1. The second-order valence-electron chi connectivity index (χ2n) is 4.15. The van der Waals surface area contributed by atoms with Crippen molar-refractivity contribution in [1.82, 2.24) is 0 Å². The molecule has 0 aliphatic carbocycles. The monoisotopic (exact) mass is 208 g/mol. The first-order valence-corrected chi connectivity index (χ1v) is 10.6. The maximum absolute atomic E-state index is 2.47. The molecule has 0 saturated carbocycles. The van der Waals surface area contributed by atoms with Crippen molar-refractivity contribution >= 4 is 22.8 Å². The topological polar surface area (TPSA) is 0 Å². The van der Waals surface area contributed by atoms with E-state index in [1.54, 1.807) is 10.9 Å². The Kier molecular flexibility index (Phi) is 4.46. The van der Waals surface area contributed by atoms with Crippen molar-refractivity contribution in [3.05, 3.63) is 30.3 Å². The summed E-state index contributed by atoms with van der Waals surface area (Å²) < 4.78 is 0. The number of hydrogen-bond donors (Lipinski definition) is 0. The Morgan fingerprint density at radius 1 is 1.08 bits per heavy atom. The molecule has 0 aromatic heterocycles. The molecule has 0 fully saturated rings. The Hall–Kier alpha value is -0.346. The first-order chi connectivity index (χ1) is 6.24. The summed E-state index contributed by atoms with van der Waals surface area (Å²) in [5, 5.41) is 1.67. The van der Waals surface area contributed by atoms with Crippen molar-refractivity contribution < 1.29 is 0 Å². The normalized spacial score (nSPS) is 13.2. The van der Waals surface area contributed by atoms with Crippen LogP contribution in [0.5, 0.6) is 0 Å². The molecule has 0 heterocycles. The summed E-state index contributed by atoms with van der Waals surface area (Å²) in [5.74, 6) is 0. The summed E-state index contributed by atoms with van der Waals surface area (Å²) >= 11 is 0. The fraction of sp³-hybridized carbons (Fsp3) is 0.455. The SMILES string of the molecule is CC[SiH](C[SiH](C)C)c1ccccc1. The van der Waals surface area contributed by atoms with Gasteiger partial charge < -0.3 is 0 Å². The van der Waals surface area contributed by atoms with Crippen LogP contribution in [0.2, 0.25) is 24.8 Å². The van der Waals surface area contributed by atoms with Gasteiger partial charge in [-0.25, -0.2) is 0 Å². The molecule has 1 aromatic rings. The highest BCUT2D eigenvalue weighted by atomic mass is 28.3. The van der Waals surface area contributed by atoms with Gasteiger partial charge in [0.05, 0.1) is 8.80 Å². The van der Waals surface area contributed by atoms with Crippen LogP contribution in [-0.2, 0) is 0 Å². The Morgan fingerprint density at radius 2 is 1.69 bits per heavy atom. The van der Waals surface area contributed by atoms with Gasteiger partial charge in [-0.15, -0.1) is 0 Å². The van der Waals surface area contributed by atoms with Crippen LogP contribution in [0.15, 0.2) is 30.3 Å². The maximum Gasteiger partial charge on any atom is 0.0677 e. The smallest absolute Gasteiger partial charge is 0.0677 e. The van der Waals surface area contributed by atoms with Gasteiger partial charge in [0.1, 0.15) is 0 Å². The molecule has 13 heavy (non-hydrogen) atoms. The molecular formula is C11H20Si2. The van der Waals surface area contributed by atoms with Crippen LogP contribution in [0.3, 0.4) is 0 Å².